The molecule has 0 aliphatic rings. The Balaban J connectivity index is 1.82. The van der Waals surface area contributed by atoms with E-state index in [1.54, 1.807) is 0 Å². The van der Waals surface area contributed by atoms with E-state index in [-0.39, 0.29) is 25.5 Å². The second kappa shape index (κ2) is 9.01. The lowest BCUT2D eigenvalue weighted by Crippen LogP contribution is -2.15. The molecule has 0 fully saturated rings. The smallest absolute Gasteiger partial charge is 0.280 e. The third kappa shape index (κ3) is 6.08. The SMILES string of the molecule is O=S(=O)(Nc1ccc(F)c(C(F)(F)F)c1)c1ccc(NS(=O)(=O)c2cc(Cl)cc(Cl)c2)cc1. The zero-order valence-electron chi connectivity index (χ0n) is 16.0. The highest BCUT2D eigenvalue weighted by Gasteiger charge is 2.34. The molecule has 0 heterocycles. The molecule has 0 spiro atoms. The topological polar surface area (TPSA) is 92.3 Å². The van der Waals surface area contributed by atoms with Crippen LogP contribution in [0.3, 0.4) is 0 Å². The van der Waals surface area contributed by atoms with E-state index in [1.807, 2.05) is 4.72 Å². The molecular formula is C19H12Cl2F4N2O4S2. The zero-order valence-corrected chi connectivity index (χ0v) is 19.1. The zero-order chi connectivity index (χ0) is 24.6. The highest BCUT2D eigenvalue weighted by molar-refractivity contribution is 7.93. The maximum atomic E-state index is 13.4. The van der Waals surface area contributed by atoms with Crippen LogP contribution in [0.2, 0.25) is 10.0 Å². The van der Waals surface area contributed by atoms with Gasteiger partial charge in [-0.1, -0.05) is 23.2 Å². The fourth-order valence-electron chi connectivity index (χ4n) is 2.62. The van der Waals surface area contributed by atoms with E-state index >= 15 is 0 Å². The molecule has 33 heavy (non-hydrogen) atoms. The lowest BCUT2D eigenvalue weighted by Gasteiger charge is -2.13. The molecule has 0 atom stereocenters. The number of anilines is 2. The summed E-state index contributed by atoms with van der Waals surface area (Å²) in [5.41, 5.74) is -2.15. The molecule has 3 aromatic carbocycles. The third-order valence-electron chi connectivity index (χ3n) is 4.09. The molecule has 176 valence electrons. The minimum absolute atomic E-state index is 0.00816. The Kier molecular flexibility index (Phi) is 6.85. The van der Waals surface area contributed by atoms with Crippen molar-refractivity contribution < 1.29 is 34.4 Å². The van der Waals surface area contributed by atoms with Gasteiger partial charge in [-0.2, -0.15) is 13.2 Å². The monoisotopic (exact) mass is 542 g/mol. The van der Waals surface area contributed by atoms with Gasteiger partial charge in [0.1, 0.15) is 5.82 Å². The molecule has 0 aliphatic heterocycles. The number of alkyl halides is 3. The van der Waals surface area contributed by atoms with Crippen LogP contribution in [0.25, 0.3) is 0 Å². The van der Waals surface area contributed by atoms with Gasteiger partial charge in [0.05, 0.1) is 15.4 Å². The van der Waals surface area contributed by atoms with Crippen LogP contribution in [0.15, 0.2) is 70.5 Å². The largest absolute Gasteiger partial charge is 0.419 e. The molecule has 0 saturated carbocycles. The van der Waals surface area contributed by atoms with Crippen molar-refractivity contribution in [1.29, 1.82) is 0 Å². The molecule has 0 unspecified atom stereocenters. The van der Waals surface area contributed by atoms with Crippen LogP contribution in [0, 0.1) is 5.82 Å². The van der Waals surface area contributed by atoms with Crippen molar-refractivity contribution in [3.63, 3.8) is 0 Å². The van der Waals surface area contributed by atoms with E-state index in [9.17, 15) is 34.4 Å². The van der Waals surface area contributed by atoms with Gasteiger partial charge in [0, 0.05) is 21.4 Å². The minimum atomic E-state index is -5.02. The normalized spacial score (nSPS) is 12.4. The second-order valence-corrected chi connectivity index (χ2v) is 10.8. The number of sulfonamides is 2. The van der Waals surface area contributed by atoms with E-state index in [2.05, 4.69) is 4.72 Å². The fourth-order valence-corrected chi connectivity index (χ4v) is 5.45. The quantitative estimate of drug-likeness (QED) is 0.387. The Morgan fingerprint density at radius 2 is 1.15 bits per heavy atom. The maximum Gasteiger partial charge on any atom is 0.419 e. The molecule has 0 aliphatic carbocycles. The maximum absolute atomic E-state index is 13.4. The van der Waals surface area contributed by atoms with E-state index in [1.165, 1.54) is 6.07 Å². The Bertz CT molecular complexity index is 1390. The van der Waals surface area contributed by atoms with Gasteiger partial charge in [0.25, 0.3) is 20.0 Å². The highest BCUT2D eigenvalue weighted by atomic mass is 35.5. The van der Waals surface area contributed by atoms with Crippen LogP contribution in [-0.2, 0) is 26.2 Å². The van der Waals surface area contributed by atoms with E-state index < -0.39 is 43.3 Å². The second-order valence-electron chi connectivity index (χ2n) is 6.53. The molecule has 3 rings (SSSR count). The first kappa shape index (κ1) is 25.1. The van der Waals surface area contributed by atoms with Gasteiger partial charge in [-0.25, -0.2) is 21.2 Å². The van der Waals surface area contributed by atoms with Gasteiger partial charge < -0.3 is 0 Å². The van der Waals surface area contributed by atoms with Gasteiger partial charge in [0.2, 0.25) is 0 Å². The molecule has 3 aromatic rings. The molecule has 6 nitrogen and oxygen atoms in total. The van der Waals surface area contributed by atoms with Crippen molar-refractivity contribution >= 4 is 54.6 Å². The summed E-state index contributed by atoms with van der Waals surface area (Å²) in [5.74, 6) is -1.55. The Labute approximate surface area is 196 Å². The van der Waals surface area contributed by atoms with Crippen molar-refractivity contribution in [3.05, 3.63) is 82.1 Å². The van der Waals surface area contributed by atoms with E-state index in [4.69, 9.17) is 23.2 Å². The van der Waals surface area contributed by atoms with Crippen molar-refractivity contribution in [2.75, 3.05) is 9.44 Å². The van der Waals surface area contributed by atoms with Crippen LogP contribution in [0.5, 0.6) is 0 Å². The molecule has 0 aromatic heterocycles. The first-order chi connectivity index (χ1) is 15.2. The molecule has 14 heteroatoms. The summed E-state index contributed by atoms with van der Waals surface area (Å²) in [6.45, 7) is 0. The summed E-state index contributed by atoms with van der Waals surface area (Å²) < 4.78 is 106. The van der Waals surface area contributed by atoms with Gasteiger partial charge in [-0.15, -0.1) is 0 Å². The summed E-state index contributed by atoms with van der Waals surface area (Å²) >= 11 is 11.6. The number of hydrogen-bond acceptors (Lipinski definition) is 4. The average molecular weight is 543 g/mol. The Morgan fingerprint density at radius 1 is 0.667 bits per heavy atom. The standard InChI is InChI=1S/C19H12Cl2F4N2O4S2/c20-11-7-12(21)9-16(8-11)33(30,31)26-13-1-4-15(5-2-13)32(28,29)27-14-3-6-18(22)17(10-14)19(23,24)25/h1-10,26-27H. The first-order valence-electron chi connectivity index (χ1n) is 8.66. The molecular weight excluding hydrogens is 531 g/mol. The first-order valence-corrected chi connectivity index (χ1v) is 12.4. The van der Waals surface area contributed by atoms with Crippen LogP contribution in [0.4, 0.5) is 28.9 Å². The van der Waals surface area contributed by atoms with Crippen LogP contribution in [-0.4, -0.2) is 16.8 Å². The predicted molar refractivity (Wildman–Crippen MR) is 116 cm³/mol. The summed E-state index contributed by atoms with van der Waals surface area (Å²) in [6.07, 6.45) is -5.02. The van der Waals surface area contributed by atoms with Gasteiger partial charge in [-0.05, 0) is 60.7 Å². The molecule has 0 amide bonds. The van der Waals surface area contributed by atoms with Crippen LogP contribution < -0.4 is 9.44 Å². The van der Waals surface area contributed by atoms with Gasteiger partial charge in [0.15, 0.2) is 0 Å². The van der Waals surface area contributed by atoms with Crippen LogP contribution >= 0.6 is 23.2 Å². The number of rotatable bonds is 6. The third-order valence-corrected chi connectivity index (χ3v) is 7.28. The number of hydrogen-bond donors (Lipinski definition) is 2. The minimum Gasteiger partial charge on any atom is -0.280 e. The summed E-state index contributed by atoms with van der Waals surface area (Å²) in [6, 6.07) is 9.63. The molecule has 2 N–H and O–H groups in total. The average Bonchev–Trinajstić information content (AvgIpc) is 2.68. The summed E-state index contributed by atoms with van der Waals surface area (Å²) in [4.78, 5) is -0.607. The molecule has 0 saturated heterocycles. The number of halogens is 6. The van der Waals surface area contributed by atoms with Crippen molar-refractivity contribution in [2.45, 2.75) is 16.0 Å². The lowest BCUT2D eigenvalue weighted by molar-refractivity contribution is -0.139. The molecule has 0 bridgehead atoms. The number of benzene rings is 3. The van der Waals surface area contributed by atoms with Gasteiger partial charge >= 0.3 is 6.18 Å². The van der Waals surface area contributed by atoms with Crippen molar-refractivity contribution in [2.24, 2.45) is 0 Å². The lowest BCUT2D eigenvalue weighted by atomic mass is 10.2. The predicted octanol–water partition coefficient (Wildman–Crippen LogP) is 5.75. The molecule has 0 radical (unpaired) electrons. The van der Waals surface area contributed by atoms with Gasteiger partial charge in [-0.3, -0.25) is 9.44 Å². The van der Waals surface area contributed by atoms with Crippen molar-refractivity contribution in [3.8, 4) is 0 Å². The van der Waals surface area contributed by atoms with E-state index in [0.717, 1.165) is 42.5 Å². The van der Waals surface area contributed by atoms with Crippen molar-refractivity contribution in [1.82, 2.24) is 0 Å². The Morgan fingerprint density at radius 3 is 1.70 bits per heavy atom. The highest BCUT2D eigenvalue weighted by Crippen LogP contribution is 2.33. The fraction of sp³-hybridized carbons (Fsp3) is 0.0526. The van der Waals surface area contributed by atoms with E-state index in [0.29, 0.717) is 12.1 Å². The summed E-state index contributed by atoms with van der Waals surface area (Å²) in [7, 11) is -8.47. The van der Waals surface area contributed by atoms with Crippen LogP contribution in [0.1, 0.15) is 5.56 Å². The summed E-state index contributed by atoms with van der Waals surface area (Å²) in [5, 5.41) is 0.176. The number of nitrogens with one attached hydrogen (secondary N) is 2. The Hall–Kier alpha value is -2.54.